The van der Waals surface area contributed by atoms with Crippen molar-refractivity contribution in [2.45, 2.75) is 33.6 Å². The van der Waals surface area contributed by atoms with Crippen molar-refractivity contribution in [1.29, 1.82) is 21.0 Å². The summed E-state index contributed by atoms with van der Waals surface area (Å²) < 4.78 is 11.6. The Bertz CT molecular complexity index is 2090. The maximum atomic E-state index is 9.34. The molecule has 1 unspecified atom stereocenters. The smallest absolute Gasteiger partial charge is 0.143 e. The molecule has 0 saturated carbocycles. The van der Waals surface area contributed by atoms with Crippen LogP contribution >= 0.6 is 0 Å². The third kappa shape index (κ3) is 8.56. The summed E-state index contributed by atoms with van der Waals surface area (Å²) in [6.07, 6.45) is 16.6. The van der Waals surface area contributed by atoms with Crippen molar-refractivity contribution in [3.8, 4) is 24.3 Å². The molecule has 1 atom stereocenters. The van der Waals surface area contributed by atoms with E-state index in [1.807, 2.05) is 73.7 Å². The van der Waals surface area contributed by atoms with Crippen molar-refractivity contribution in [2.75, 3.05) is 4.90 Å². The maximum absolute atomic E-state index is 9.34. The molecule has 0 fully saturated rings. The van der Waals surface area contributed by atoms with Crippen LogP contribution in [0.3, 0.4) is 0 Å². The molecule has 50 heavy (non-hydrogen) atoms. The number of anilines is 3. The summed E-state index contributed by atoms with van der Waals surface area (Å²) in [5.74, 6) is 1.31. The minimum absolute atomic E-state index is 0.0396. The van der Waals surface area contributed by atoms with Crippen LogP contribution in [0, 0.1) is 57.2 Å². The van der Waals surface area contributed by atoms with Gasteiger partial charge in [-0.2, -0.15) is 21.0 Å². The van der Waals surface area contributed by atoms with E-state index < -0.39 is 5.92 Å². The minimum Gasteiger partial charge on any atom is -0.463 e. The van der Waals surface area contributed by atoms with E-state index in [1.165, 1.54) is 5.56 Å². The molecule has 0 aromatic heterocycles. The number of nitriles is 4. The van der Waals surface area contributed by atoms with Gasteiger partial charge in [-0.3, -0.25) is 0 Å². The Hall–Kier alpha value is -6.80. The van der Waals surface area contributed by atoms with Gasteiger partial charge >= 0.3 is 0 Å². The Labute approximate surface area is 293 Å². The van der Waals surface area contributed by atoms with Crippen molar-refractivity contribution in [3.63, 3.8) is 0 Å². The molecule has 244 valence electrons. The van der Waals surface area contributed by atoms with Crippen LogP contribution in [0.2, 0.25) is 0 Å². The maximum Gasteiger partial charge on any atom is 0.143 e. The second-order valence-corrected chi connectivity index (χ2v) is 11.8. The highest BCUT2D eigenvalue weighted by Gasteiger charge is 2.21. The predicted octanol–water partition coefficient (Wildman–Crippen LogP) is 10.4. The topological polar surface area (TPSA) is 117 Å². The van der Waals surface area contributed by atoms with E-state index in [1.54, 1.807) is 25.2 Å². The summed E-state index contributed by atoms with van der Waals surface area (Å²) in [4.78, 5) is 2.20. The zero-order valence-electron chi connectivity index (χ0n) is 28.2. The van der Waals surface area contributed by atoms with Gasteiger partial charge < -0.3 is 14.4 Å². The van der Waals surface area contributed by atoms with Gasteiger partial charge in [-0.25, -0.2) is 0 Å². The van der Waals surface area contributed by atoms with Gasteiger partial charge in [-0.05, 0) is 110 Å². The first-order valence-corrected chi connectivity index (χ1v) is 16.3. The summed E-state index contributed by atoms with van der Waals surface area (Å²) in [7, 11) is 0. The lowest BCUT2D eigenvalue weighted by Crippen LogP contribution is -2.12. The lowest BCUT2D eigenvalue weighted by atomic mass is 9.92. The molecule has 3 aromatic carbocycles. The molecular weight excluding hydrogens is 619 g/mol. The van der Waals surface area contributed by atoms with E-state index >= 15 is 0 Å². The number of rotatable bonds is 10. The number of hydrogen-bond acceptors (Lipinski definition) is 7. The van der Waals surface area contributed by atoms with Gasteiger partial charge in [0.05, 0.1) is 17.9 Å². The second kappa shape index (κ2) is 16.3. The Balaban J connectivity index is 1.40. The average molecular weight is 654 g/mol. The van der Waals surface area contributed by atoms with Crippen LogP contribution in [-0.2, 0) is 15.9 Å². The molecule has 0 aliphatic carbocycles. The van der Waals surface area contributed by atoms with Crippen LogP contribution in [-0.4, -0.2) is 0 Å². The third-order valence-electron chi connectivity index (χ3n) is 8.09. The van der Waals surface area contributed by atoms with Crippen molar-refractivity contribution >= 4 is 29.2 Å². The zero-order chi connectivity index (χ0) is 35.5. The first-order chi connectivity index (χ1) is 24.3. The number of hydrogen-bond donors (Lipinski definition) is 0. The fourth-order valence-electron chi connectivity index (χ4n) is 5.66. The van der Waals surface area contributed by atoms with Gasteiger partial charge in [0.2, 0.25) is 0 Å². The van der Waals surface area contributed by atoms with Crippen LogP contribution in [0.4, 0.5) is 17.1 Å². The SMILES string of the molecule is CCCc1ccc(N(c2ccc(/C=C/C3=CC(=C(C#N)C#N)C=C(C)O3)cc2)c2ccc(/C=C/C3=CC(C(C#N)C#N)C=C(C)O3)cc2)cc1. The molecule has 0 bridgehead atoms. The monoisotopic (exact) mass is 653 g/mol. The molecule has 0 amide bonds. The zero-order valence-corrected chi connectivity index (χ0v) is 28.2. The van der Waals surface area contributed by atoms with E-state index in [-0.39, 0.29) is 11.5 Å². The highest BCUT2D eigenvalue weighted by Crippen LogP contribution is 2.35. The second-order valence-electron chi connectivity index (χ2n) is 11.8. The lowest BCUT2D eigenvalue weighted by molar-refractivity contribution is 0.302. The average Bonchev–Trinajstić information content (AvgIpc) is 3.12. The fraction of sp³-hybridized carbons (Fsp3) is 0.163. The van der Waals surface area contributed by atoms with Crippen molar-refractivity contribution in [3.05, 3.63) is 160 Å². The standard InChI is InChI=1S/C43H35N5O2/c1-4-5-32-6-14-39(15-7-32)48(40-16-8-33(9-17-40)12-20-42-24-35(22-30(2)49-42)37(26-44)27-45)41-18-10-34(11-19-41)13-21-43-25-36(23-31(3)50-43)38(28-46)29-47/h6-25,35,37H,4-5H2,1-3H3/b20-12+,21-13+. The molecular formula is C43H35N5O2. The van der Waals surface area contributed by atoms with Crippen molar-refractivity contribution in [1.82, 2.24) is 0 Å². The highest BCUT2D eigenvalue weighted by atomic mass is 16.5. The molecule has 0 N–H and O–H groups in total. The summed E-state index contributed by atoms with van der Waals surface area (Å²) in [5.41, 5.74) is 6.78. The van der Waals surface area contributed by atoms with Crippen LogP contribution in [0.25, 0.3) is 12.2 Å². The Kier molecular flexibility index (Phi) is 11.3. The number of allylic oxidation sites excluding steroid dienone is 10. The van der Waals surface area contributed by atoms with E-state index in [0.29, 0.717) is 28.6 Å². The van der Waals surface area contributed by atoms with E-state index in [9.17, 15) is 21.0 Å². The number of benzene rings is 3. The molecule has 2 aliphatic heterocycles. The van der Waals surface area contributed by atoms with Crippen LogP contribution in [0.5, 0.6) is 0 Å². The van der Waals surface area contributed by atoms with E-state index in [4.69, 9.17) is 9.47 Å². The Morgan fingerprint density at radius 3 is 1.72 bits per heavy atom. The quantitative estimate of drug-likeness (QED) is 0.200. The van der Waals surface area contributed by atoms with E-state index in [0.717, 1.165) is 41.0 Å². The predicted molar refractivity (Wildman–Crippen MR) is 195 cm³/mol. The third-order valence-corrected chi connectivity index (χ3v) is 8.09. The molecule has 0 spiro atoms. The molecule has 0 saturated heterocycles. The minimum atomic E-state index is -0.770. The van der Waals surface area contributed by atoms with Crippen LogP contribution in [0.15, 0.2) is 143 Å². The summed E-state index contributed by atoms with van der Waals surface area (Å²) in [5, 5.41) is 37.3. The van der Waals surface area contributed by atoms with Crippen molar-refractivity contribution < 1.29 is 9.47 Å². The van der Waals surface area contributed by atoms with Crippen LogP contribution in [0.1, 0.15) is 43.9 Å². The van der Waals surface area contributed by atoms with Gasteiger partial charge in [0.15, 0.2) is 0 Å². The molecule has 0 radical (unpaired) electrons. The largest absolute Gasteiger partial charge is 0.463 e. The number of nitrogens with zero attached hydrogens (tertiary/aromatic N) is 5. The highest BCUT2D eigenvalue weighted by molar-refractivity contribution is 5.78. The summed E-state index contributed by atoms with van der Waals surface area (Å²) >= 11 is 0. The summed E-state index contributed by atoms with van der Waals surface area (Å²) in [6.45, 7) is 5.78. The van der Waals surface area contributed by atoms with Crippen molar-refractivity contribution in [2.24, 2.45) is 11.8 Å². The molecule has 2 aliphatic rings. The summed E-state index contributed by atoms with van der Waals surface area (Å²) in [6, 6.07) is 33.0. The molecule has 7 heteroatoms. The Morgan fingerprint density at radius 2 is 1.20 bits per heavy atom. The van der Waals surface area contributed by atoms with Gasteiger partial charge in [-0.15, -0.1) is 0 Å². The first kappa shape index (κ1) is 34.5. The number of ether oxygens (including phenoxy) is 2. The first-order valence-electron chi connectivity index (χ1n) is 16.3. The van der Waals surface area contributed by atoms with E-state index in [2.05, 4.69) is 72.5 Å². The molecule has 7 nitrogen and oxygen atoms in total. The lowest BCUT2D eigenvalue weighted by Gasteiger charge is -2.26. The fourth-order valence-corrected chi connectivity index (χ4v) is 5.66. The van der Waals surface area contributed by atoms with Gasteiger partial charge in [0, 0.05) is 28.6 Å². The molecule has 5 rings (SSSR count). The Morgan fingerprint density at radius 1 is 0.680 bits per heavy atom. The van der Waals surface area contributed by atoms with Gasteiger partial charge in [-0.1, -0.05) is 61.9 Å². The van der Waals surface area contributed by atoms with Gasteiger partial charge in [0.25, 0.3) is 0 Å². The number of aryl methyl sites for hydroxylation is 1. The molecule has 2 heterocycles. The molecule has 3 aromatic rings. The normalized spacial score (nSPS) is 15.4. The van der Waals surface area contributed by atoms with Crippen LogP contribution < -0.4 is 4.90 Å². The van der Waals surface area contributed by atoms with Gasteiger partial charge in [0.1, 0.15) is 40.9 Å².